The summed E-state index contributed by atoms with van der Waals surface area (Å²) in [5.41, 5.74) is 8.68. The fourth-order valence-electron chi connectivity index (χ4n) is 4.75. The topological polar surface area (TPSA) is 159 Å². The van der Waals surface area contributed by atoms with Gasteiger partial charge in [-0.3, -0.25) is 14.5 Å². The van der Waals surface area contributed by atoms with E-state index in [0.717, 1.165) is 10.8 Å². The molecule has 0 fully saturated rings. The number of hydrogen-bond donors (Lipinski definition) is 3. The summed E-state index contributed by atoms with van der Waals surface area (Å²) in [5, 5.41) is 5.32. The number of benzene rings is 2. The zero-order valence-corrected chi connectivity index (χ0v) is 24.3. The molecule has 0 aliphatic carbocycles. The molecule has 224 valence electrons. The molecule has 4 N–H and O–H groups in total. The lowest BCUT2D eigenvalue weighted by molar-refractivity contribution is 0.263. The third-order valence-electron chi connectivity index (χ3n) is 6.89. The summed E-state index contributed by atoms with van der Waals surface area (Å²) < 4.78 is 62.8. The number of hydrogen-bond acceptors (Lipinski definition) is 10. The molecule has 0 radical (unpaired) electrons. The van der Waals surface area contributed by atoms with Crippen LogP contribution in [0.1, 0.15) is 5.56 Å². The van der Waals surface area contributed by atoms with Crippen molar-refractivity contribution in [2.75, 3.05) is 38.9 Å². The molecule has 0 bridgehead atoms. The van der Waals surface area contributed by atoms with Gasteiger partial charge in [-0.15, -0.1) is 0 Å². The van der Waals surface area contributed by atoms with Crippen LogP contribution in [0.4, 0.5) is 10.2 Å². The second kappa shape index (κ2) is 12.7. The first-order chi connectivity index (χ1) is 20.6. The van der Waals surface area contributed by atoms with Crippen molar-refractivity contribution < 1.29 is 31.6 Å². The van der Waals surface area contributed by atoms with Crippen LogP contribution in [0.2, 0.25) is 0 Å². The molecular weight excluding hydrogens is 577 g/mol. The van der Waals surface area contributed by atoms with E-state index in [9.17, 15) is 12.8 Å². The van der Waals surface area contributed by atoms with Gasteiger partial charge < -0.3 is 25.3 Å². The van der Waals surface area contributed by atoms with E-state index in [4.69, 9.17) is 24.5 Å². The minimum absolute atomic E-state index is 0.0423. The second-order valence-electron chi connectivity index (χ2n) is 9.79. The lowest BCUT2D eigenvalue weighted by Crippen LogP contribution is -2.39. The summed E-state index contributed by atoms with van der Waals surface area (Å²) in [6.07, 6.45) is 5.05. The predicted molar refractivity (Wildman–Crippen MR) is 162 cm³/mol. The molecule has 1 unspecified atom stereocenters. The lowest BCUT2D eigenvalue weighted by Gasteiger charge is -2.20. The number of nitrogens with one attached hydrogen (secondary N) is 1. The van der Waals surface area contributed by atoms with Gasteiger partial charge in [0, 0.05) is 47.4 Å². The summed E-state index contributed by atoms with van der Waals surface area (Å²) in [4.78, 5) is 13.4. The fourth-order valence-corrected chi connectivity index (χ4v) is 5.13. The Balaban J connectivity index is 1.42. The fraction of sp³-hybridized carbons (Fsp3) is 0.233. The van der Waals surface area contributed by atoms with Gasteiger partial charge in [-0.1, -0.05) is 18.2 Å². The number of nitrogens with zero attached hydrogens (tertiary/aromatic N) is 3. The Labute approximate surface area is 247 Å². The van der Waals surface area contributed by atoms with E-state index in [-0.39, 0.29) is 31.2 Å². The van der Waals surface area contributed by atoms with Crippen LogP contribution in [0.5, 0.6) is 17.2 Å². The van der Waals surface area contributed by atoms with Crippen LogP contribution in [0, 0.1) is 5.82 Å². The minimum atomic E-state index is -4.17. The maximum Gasteiger partial charge on any atom is 0.266 e. The molecule has 3 aromatic heterocycles. The number of ether oxygens (including phenoxy) is 3. The molecule has 0 saturated carbocycles. The van der Waals surface area contributed by atoms with Crippen LogP contribution in [0.25, 0.3) is 32.9 Å². The molecule has 2 aromatic carbocycles. The number of methoxy groups -OCH3 is 2. The van der Waals surface area contributed by atoms with Crippen LogP contribution in [-0.2, 0) is 16.5 Å². The summed E-state index contributed by atoms with van der Waals surface area (Å²) in [6.45, 7) is 0.0233. The lowest BCUT2D eigenvalue weighted by atomic mass is 10.0. The zero-order valence-electron chi connectivity index (χ0n) is 23.5. The highest BCUT2D eigenvalue weighted by atomic mass is 32.2. The number of rotatable bonds is 12. The predicted octanol–water partition coefficient (Wildman–Crippen LogP) is 4.05. The molecule has 5 rings (SSSR count). The Morgan fingerprint density at radius 2 is 1.77 bits per heavy atom. The van der Waals surface area contributed by atoms with E-state index in [1.807, 2.05) is 12.1 Å². The Bertz CT molecular complexity index is 1890. The number of aromatic nitrogens is 3. The third kappa shape index (κ3) is 7.08. The molecule has 3 heterocycles. The maximum atomic E-state index is 14.3. The van der Waals surface area contributed by atoms with Gasteiger partial charge >= 0.3 is 0 Å². The number of anilines is 1. The maximum absolute atomic E-state index is 14.3. The summed E-state index contributed by atoms with van der Waals surface area (Å²) in [6, 6.07) is 13.1. The standard InChI is InChI=1S/C30H30FN5O6S/c1-40-28-12-23-22-11-26(36-30(32)24(22)16-35-27(23)13-29(28)41-2)19-10-21(15-33-14-19)42-17-20(34-7-8-43(37,38)39)9-18-5-3-4-6-25(18)31/h3-6,10-16,20,34H,7-9,17H2,1-2H3,(H2,32,36)(H,37,38,39). The molecule has 13 heteroatoms. The Morgan fingerprint density at radius 3 is 2.51 bits per heavy atom. The van der Waals surface area contributed by atoms with Gasteiger partial charge in [0.25, 0.3) is 10.1 Å². The van der Waals surface area contributed by atoms with Crippen LogP contribution in [0.15, 0.2) is 67.1 Å². The summed E-state index contributed by atoms with van der Waals surface area (Å²) in [7, 11) is -1.05. The Morgan fingerprint density at radius 1 is 1.00 bits per heavy atom. The molecule has 11 nitrogen and oxygen atoms in total. The van der Waals surface area contributed by atoms with Crippen molar-refractivity contribution in [3.8, 4) is 28.5 Å². The van der Waals surface area contributed by atoms with Gasteiger partial charge in [-0.25, -0.2) is 9.37 Å². The van der Waals surface area contributed by atoms with Crippen LogP contribution in [-0.4, -0.2) is 67.1 Å². The SMILES string of the molecule is COc1cc2ncc3c(N)nc(-c4cncc(OCC(Cc5ccccc5F)NCCS(=O)(=O)O)c4)cc3c2cc1OC. The normalized spacial score (nSPS) is 12.4. The van der Waals surface area contributed by atoms with E-state index in [2.05, 4.69) is 20.3 Å². The van der Waals surface area contributed by atoms with Gasteiger partial charge in [0.1, 0.15) is 24.0 Å². The second-order valence-corrected chi connectivity index (χ2v) is 11.4. The highest BCUT2D eigenvalue weighted by Crippen LogP contribution is 2.37. The van der Waals surface area contributed by atoms with E-state index < -0.39 is 21.9 Å². The van der Waals surface area contributed by atoms with E-state index >= 15 is 0 Å². The molecule has 0 amide bonds. The van der Waals surface area contributed by atoms with Crippen molar-refractivity contribution in [1.29, 1.82) is 0 Å². The largest absolute Gasteiger partial charge is 0.493 e. The third-order valence-corrected chi connectivity index (χ3v) is 7.61. The number of fused-ring (bicyclic) bond motifs is 3. The molecule has 0 saturated heterocycles. The number of nitrogens with two attached hydrogens (primary N) is 1. The van der Waals surface area contributed by atoms with Crippen LogP contribution >= 0.6 is 0 Å². The number of pyridine rings is 3. The van der Waals surface area contributed by atoms with E-state index in [0.29, 0.717) is 45.0 Å². The van der Waals surface area contributed by atoms with Crippen molar-refractivity contribution >= 4 is 37.6 Å². The van der Waals surface area contributed by atoms with Crippen molar-refractivity contribution in [2.24, 2.45) is 0 Å². The Kier molecular flexibility index (Phi) is 8.85. The highest BCUT2D eigenvalue weighted by molar-refractivity contribution is 7.85. The number of nitrogen functional groups attached to an aromatic ring is 1. The first-order valence-corrected chi connectivity index (χ1v) is 14.9. The molecule has 5 aromatic rings. The van der Waals surface area contributed by atoms with Crippen molar-refractivity contribution in [2.45, 2.75) is 12.5 Å². The quantitative estimate of drug-likeness (QED) is 0.139. The highest BCUT2D eigenvalue weighted by Gasteiger charge is 2.17. The number of halogens is 1. The molecule has 1 atom stereocenters. The summed E-state index contributed by atoms with van der Waals surface area (Å²) >= 11 is 0. The van der Waals surface area contributed by atoms with Crippen molar-refractivity contribution in [3.05, 3.63) is 78.5 Å². The van der Waals surface area contributed by atoms with E-state index in [1.165, 1.54) is 12.3 Å². The van der Waals surface area contributed by atoms with Gasteiger partial charge in [-0.05, 0) is 41.6 Å². The summed E-state index contributed by atoms with van der Waals surface area (Å²) in [5.74, 6) is 0.935. The minimum Gasteiger partial charge on any atom is -0.493 e. The van der Waals surface area contributed by atoms with Gasteiger partial charge in [0.05, 0.1) is 37.4 Å². The first kappa shape index (κ1) is 29.9. The van der Waals surface area contributed by atoms with Crippen LogP contribution in [0.3, 0.4) is 0 Å². The first-order valence-electron chi connectivity index (χ1n) is 13.3. The molecular formula is C30H30FN5O6S. The monoisotopic (exact) mass is 607 g/mol. The molecule has 0 aliphatic heterocycles. The van der Waals surface area contributed by atoms with Crippen molar-refractivity contribution in [3.63, 3.8) is 0 Å². The zero-order chi connectivity index (χ0) is 30.6. The van der Waals surface area contributed by atoms with Gasteiger partial charge in [-0.2, -0.15) is 8.42 Å². The molecule has 43 heavy (non-hydrogen) atoms. The smallest absolute Gasteiger partial charge is 0.266 e. The average Bonchev–Trinajstić information content (AvgIpc) is 2.99. The van der Waals surface area contributed by atoms with Crippen molar-refractivity contribution in [1.82, 2.24) is 20.3 Å². The molecule has 0 spiro atoms. The van der Waals surface area contributed by atoms with E-state index in [1.54, 1.807) is 56.9 Å². The van der Waals surface area contributed by atoms with Crippen LogP contribution < -0.4 is 25.3 Å². The molecule has 0 aliphatic rings. The van der Waals surface area contributed by atoms with Gasteiger partial charge in [0.15, 0.2) is 11.5 Å². The average molecular weight is 608 g/mol. The Hall–Kier alpha value is -4.59. The van der Waals surface area contributed by atoms with Gasteiger partial charge in [0.2, 0.25) is 0 Å².